The molecule has 0 bridgehead atoms. The van der Waals surface area contributed by atoms with Crippen LogP contribution in [0.2, 0.25) is 0 Å². The van der Waals surface area contributed by atoms with E-state index in [9.17, 15) is 9.59 Å². The number of carbonyl (C=O) groups is 2. The van der Waals surface area contributed by atoms with Gasteiger partial charge >= 0.3 is 0 Å². The zero-order valence-electron chi connectivity index (χ0n) is 15.0. The average molecular weight is 353 g/mol. The molecule has 26 heavy (non-hydrogen) atoms. The molecule has 1 aromatic heterocycles. The summed E-state index contributed by atoms with van der Waals surface area (Å²) in [6, 6.07) is 13.0. The van der Waals surface area contributed by atoms with Gasteiger partial charge in [0.1, 0.15) is 12.4 Å². The predicted octanol–water partition coefficient (Wildman–Crippen LogP) is 2.14. The van der Waals surface area contributed by atoms with Crippen LogP contribution < -0.4 is 4.74 Å². The van der Waals surface area contributed by atoms with Crippen LogP contribution in [-0.2, 0) is 9.59 Å². The van der Waals surface area contributed by atoms with Gasteiger partial charge in [-0.25, -0.2) is 0 Å². The highest BCUT2D eigenvalue weighted by Crippen LogP contribution is 2.37. The normalized spacial score (nSPS) is 19.5. The predicted molar refractivity (Wildman–Crippen MR) is 97.4 cm³/mol. The third kappa shape index (κ3) is 3.85. The highest BCUT2D eigenvalue weighted by atomic mass is 16.5. The number of nitrogens with zero attached hydrogens (tertiary/aromatic N) is 3. The van der Waals surface area contributed by atoms with Crippen LogP contribution in [0, 0.1) is 5.92 Å². The second-order valence-electron chi connectivity index (χ2n) is 6.47. The number of amides is 2. The molecule has 0 aliphatic carbocycles. The molecule has 0 spiro atoms. The van der Waals surface area contributed by atoms with Gasteiger partial charge in [0.05, 0.1) is 18.5 Å². The quantitative estimate of drug-likeness (QED) is 0.798. The first-order valence-electron chi connectivity index (χ1n) is 8.66. The number of ether oxygens (including phenoxy) is 1. The molecule has 3 rings (SSSR count). The van der Waals surface area contributed by atoms with Crippen molar-refractivity contribution < 1.29 is 14.3 Å². The van der Waals surface area contributed by atoms with E-state index in [1.165, 1.54) is 0 Å². The lowest BCUT2D eigenvalue weighted by atomic mass is 9.93. The third-order valence-corrected chi connectivity index (χ3v) is 4.74. The zero-order valence-corrected chi connectivity index (χ0v) is 15.0. The molecule has 0 radical (unpaired) electrons. The van der Waals surface area contributed by atoms with Crippen molar-refractivity contribution in [2.45, 2.75) is 12.5 Å². The molecule has 0 saturated carbocycles. The van der Waals surface area contributed by atoms with Gasteiger partial charge in [0.15, 0.2) is 0 Å². The summed E-state index contributed by atoms with van der Waals surface area (Å²) in [5.41, 5.74) is 0.883. The SMILES string of the molecule is CN(CCOc1ccccc1)C(=O)[C@@H]1CC(=O)N(C)[C@@H]1c1cccnc1. The van der Waals surface area contributed by atoms with E-state index in [1.54, 1.807) is 36.3 Å². The maximum absolute atomic E-state index is 12.9. The Kier molecular flexibility index (Phi) is 5.51. The molecule has 6 nitrogen and oxygen atoms in total. The van der Waals surface area contributed by atoms with Gasteiger partial charge in [0, 0.05) is 32.9 Å². The Morgan fingerprint density at radius 1 is 1.27 bits per heavy atom. The van der Waals surface area contributed by atoms with Crippen molar-refractivity contribution in [2.75, 3.05) is 27.2 Å². The lowest BCUT2D eigenvalue weighted by Crippen LogP contribution is -2.38. The Morgan fingerprint density at radius 2 is 2.04 bits per heavy atom. The minimum Gasteiger partial charge on any atom is -0.492 e. The smallest absolute Gasteiger partial charge is 0.228 e. The minimum atomic E-state index is -0.404. The summed E-state index contributed by atoms with van der Waals surface area (Å²) in [5.74, 6) is 0.301. The first kappa shape index (κ1) is 17.9. The minimum absolute atomic E-state index is 0.0221. The van der Waals surface area contributed by atoms with Crippen LogP contribution >= 0.6 is 0 Å². The molecule has 2 atom stereocenters. The first-order chi connectivity index (χ1) is 12.6. The fourth-order valence-electron chi connectivity index (χ4n) is 3.31. The van der Waals surface area contributed by atoms with Crippen molar-refractivity contribution in [2.24, 2.45) is 5.92 Å². The second-order valence-corrected chi connectivity index (χ2v) is 6.47. The number of likely N-dealkylation sites (N-methyl/N-ethyl adjacent to an activating group) is 1. The van der Waals surface area contributed by atoms with Crippen molar-refractivity contribution >= 4 is 11.8 Å². The lowest BCUT2D eigenvalue weighted by molar-refractivity contribution is -0.135. The molecule has 1 aromatic carbocycles. The van der Waals surface area contributed by atoms with E-state index in [-0.39, 0.29) is 24.3 Å². The molecule has 2 amide bonds. The zero-order chi connectivity index (χ0) is 18.5. The molecule has 1 aliphatic heterocycles. The van der Waals surface area contributed by atoms with Crippen LogP contribution in [0.5, 0.6) is 5.75 Å². The molecule has 1 fully saturated rings. The van der Waals surface area contributed by atoms with Gasteiger partial charge in [-0.2, -0.15) is 0 Å². The molecule has 1 aliphatic rings. The molecule has 2 aromatic rings. The summed E-state index contributed by atoms with van der Waals surface area (Å²) < 4.78 is 5.66. The van der Waals surface area contributed by atoms with E-state index in [0.29, 0.717) is 13.2 Å². The summed E-state index contributed by atoms with van der Waals surface area (Å²) in [4.78, 5) is 32.6. The van der Waals surface area contributed by atoms with Gasteiger partial charge in [-0.15, -0.1) is 0 Å². The van der Waals surface area contributed by atoms with Crippen molar-refractivity contribution in [3.05, 3.63) is 60.4 Å². The number of likely N-dealkylation sites (tertiary alicyclic amines) is 1. The third-order valence-electron chi connectivity index (χ3n) is 4.74. The van der Waals surface area contributed by atoms with Gasteiger partial charge in [0.2, 0.25) is 11.8 Å². The molecule has 136 valence electrons. The van der Waals surface area contributed by atoms with E-state index >= 15 is 0 Å². The summed E-state index contributed by atoms with van der Waals surface area (Å²) >= 11 is 0. The highest BCUT2D eigenvalue weighted by molar-refractivity contribution is 5.90. The van der Waals surface area contributed by atoms with Gasteiger partial charge in [-0.3, -0.25) is 14.6 Å². The Morgan fingerprint density at radius 3 is 2.73 bits per heavy atom. The van der Waals surface area contributed by atoms with E-state index in [4.69, 9.17) is 4.74 Å². The topological polar surface area (TPSA) is 62.7 Å². The average Bonchev–Trinajstić information content (AvgIpc) is 2.97. The molecule has 0 N–H and O–H groups in total. The number of pyridine rings is 1. The van der Waals surface area contributed by atoms with Crippen LogP contribution in [0.4, 0.5) is 0 Å². The fraction of sp³-hybridized carbons (Fsp3) is 0.350. The summed E-state index contributed by atoms with van der Waals surface area (Å²) in [6.07, 6.45) is 3.63. The Bertz CT molecular complexity index is 751. The number of para-hydroxylation sites is 1. The van der Waals surface area contributed by atoms with Gasteiger partial charge < -0.3 is 14.5 Å². The van der Waals surface area contributed by atoms with Crippen molar-refractivity contribution in [1.82, 2.24) is 14.8 Å². The standard InChI is InChI=1S/C20H23N3O3/c1-22(11-12-26-16-8-4-3-5-9-16)20(25)17-13-18(24)23(2)19(17)15-7-6-10-21-14-15/h3-10,14,17,19H,11-13H2,1-2H3/t17-,19-/m1/s1. The van der Waals surface area contributed by atoms with E-state index in [2.05, 4.69) is 4.98 Å². The number of aromatic nitrogens is 1. The summed E-state index contributed by atoms with van der Waals surface area (Å²) in [5, 5.41) is 0. The maximum atomic E-state index is 12.9. The monoisotopic (exact) mass is 353 g/mol. The first-order valence-corrected chi connectivity index (χ1v) is 8.66. The number of carbonyl (C=O) groups excluding carboxylic acids is 2. The van der Waals surface area contributed by atoms with Gasteiger partial charge in [-0.05, 0) is 23.8 Å². The van der Waals surface area contributed by atoms with Crippen LogP contribution in [0.3, 0.4) is 0 Å². The molecular formula is C20H23N3O3. The highest BCUT2D eigenvalue weighted by Gasteiger charge is 2.43. The Labute approximate surface area is 153 Å². The van der Waals surface area contributed by atoms with Crippen LogP contribution in [0.25, 0.3) is 0 Å². The van der Waals surface area contributed by atoms with Crippen molar-refractivity contribution in [3.63, 3.8) is 0 Å². The van der Waals surface area contributed by atoms with Crippen LogP contribution in [-0.4, -0.2) is 53.8 Å². The van der Waals surface area contributed by atoms with E-state index in [1.807, 2.05) is 42.5 Å². The number of hydrogen-bond donors (Lipinski definition) is 0. The molecule has 6 heteroatoms. The molecule has 1 saturated heterocycles. The number of rotatable bonds is 6. The Hall–Kier alpha value is -2.89. The van der Waals surface area contributed by atoms with E-state index in [0.717, 1.165) is 11.3 Å². The maximum Gasteiger partial charge on any atom is 0.228 e. The molecule has 2 heterocycles. The number of benzene rings is 1. The van der Waals surface area contributed by atoms with Crippen molar-refractivity contribution in [3.8, 4) is 5.75 Å². The Balaban J connectivity index is 1.64. The summed E-state index contributed by atoms with van der Waals surface area (Å²) in [7, 11) is 3.49. The lowest BCUT2D eigenvalue weighted by Gasteiger charge is -2.27. The van der Waals surface area contributed by atoms with Gasteiger partial charge in [-0.1, -0.05) is 24.3 Å². The summed E-state index contributed by atoms with van der Waals surface area (Å²) in [6.45, 7) is 0.863. The van der Waals surface area contributed by atoms with Gasteiger partial charge in [0.25, 0.3) is 0 Å². The molecular weight excluding hydrogens is 330 g/mol. The fourth-order valence-corrected chi connectivity index (χ4v) is 3.31. The second kappa shape index (κ2) is 7.99. The van der Waals surface area contributed by atoms with Crippen LogP contribution in [0.1, 0.15) is 18.0 Å². The van der Waals surface area contributed by atoms with Crippen molar-refractivity contribution in [1.29, 1.82) is 0 Å². The molecule has 0 unspecified atom stereocenters. The van der Waals surface area contributed by atoms with E-state index < -0.39 is 5.92 Å². The number of hydrogen-bond acceptors (Lipinski definition) is 4. The largest absolute Gasteiger partial charge is 0.492 e. The van der Waals surface area contributed by atoms with Crippen LogP contribution in [0.15, 0.2) is 54.9 Å².